The van der Waals surface area contributed by atoms with E-state index in [9.17, 15) is 26.3 Å². The highest BCUT2D eigenvalue weighted by atomic mass is 32.1. The van der Waals surface area contributed by atoms with E-state index in [1.807, 2.05) is 12.2 Å². The molecule has 0 saturated heterocycles. The van der Waals surface area contributed by atoms with E-state index in [1.54, 1.807) is 46.2 Å². The van der Waals surface area contributed by atoms with E-state index in [2.05, 4.69) is 12.1 Å². The lowest BCUT2D eigenvalue weighted by atomic mass is 10.1. The number of rotatable bonds is 4. The van der Waals surface area contributed by atoms with Crippen LogP contribution in [-0.2, 0) is 12.4 Å². The van der Waals surface area contributed by atoms with Gasteiger partial charge in [-0.2, -0.15) is 26.3 Å². The molecule has 0 aliphatic rings. The van der Waals surface area contributed by atoms with Crippen LogP contribution in [0, 0.1) is 0 Å². The van der Waals surface area contributed by atoms with Gasteiger partial charge >= 0.3 is 12.4 Å². The Kier molecular flexibility index (Phi) is 6.11. The molecule has 0 nitrogen and oxygen atoms in total. The Labute approximate surface area is 208 Å². The summed E-state index contributed by atoms with van der Waals surface area (Å²) in [5.41, 5.74) is 0.0301. The van der Waals surface area contributed by atoms with Crippen molar-refractivity contribution in [3.8, 4) is 0 Å². The second-order valence-electron chi connectivity index (χ2n) is 7.69. The van der Waals surface area contributed by atoms with Gasteiger partial charge in [0.1, 0.15) is 0 Å². The lowest BCUT2D eigenvalue weighted by Gasteiger charge is -2.05. The van der Waals surface area contributed by atoms with E-state index < -0.39 is 23.5 Å². The molecule has 0 atom stereocenters. The summed E-state index contributed by atoms with van der Waals surface area (Å²) in [5.74, 6) is 0. The van der Waals surface area contributed by atoms with E-state index >= 15 is 0 Å². The summed E-state index contributed by atoms with van der Waals surface area (Å²) in [6.45, 7) is 0. The Morgan fingerprint density at radius 1 is 0.486 bits per heavy atom. The molecule has 0 radical (unpaired) electrons. The number of thiophene rings is 3. The normalized spacial score (nSPS) is 13.2. The SMILES string of the molecule is FC(F)(F)c1ccc(/C=C/c2cc3sc4cc(/C=C/c5ccc(C(F)(F)F)cc5)sc4c3s2)cc1. The van der Waals surface area contributed by atoms with E-state index in [0.29, 0.717) is 11.1 Å². The number of halogens is 6. The summed E-state index contributed by atoms with van der Waals surface area (Å²) in [4.78, 5) is 2.01. The van der Waals surface area contributed by atoms with Crippen molar-refractivity contribution < 1.29 is 26.3 Å². The molecule has 5 rings (SSSR count). The van der Waals surface area contributed by atoms with Crippen LogP contribution in [0.15, 0.2) is 60.7 Å². The highest BCUT2D eigenvalue weighted by Gasteiger charge is 2.30. The zero-order valence-electron chi connectivity index (χ0n) is 17.6. The average molecular weight is 537 g/mol. The second kappa shape index (κ2) is 8.96. The Balaban J connectivity index is 1.34. The molecule has 0 N–H and O–H groups in total. The van der Waals surface area contributed by atoms with Gasteiger partial charge in [0.2, 0.25) is 0 Å². The van der Waals surface area contributed by atoms with Crippen LogP contribution in [0.3, 0.4) is 0 Å². The maximum atomic E-state index is 12.7. The molecule has 3 heterocycles. The molecular formula is C26H14F6S3. The first kappa shape index (κ1) is 23.8. The van der Waals surface area contributed by atoms with Gasteiger partial charge in [-0.1, -0.05) is 36.4 Å². The van der Waals surface area contributed by atoms with Crippen LogP contribution in [-0.4, -0.2) is 0 Å². The summed E-state index contributed by atoms with van der Waals surface area (Å²) in [6, 6.07) is 14.2. The van der Waals surface area contributed by atoms with Crippen molar-refractivity contribution in [1.29, 1.82) is 0 Å². The minimum absolute atomic E-state index is 0.672. The van der Waals surface area contributed by atoms with Crippen molar-refractivity contribution in [1.82, 2.24) is 0 Å². The number of hydrogen-bond acceptors (Lipinski definition) is 3. The summed E-state index contributed by atoms with van der Waals surface area (Å²) >= 11 is 4.89. The number of benzene rings is 2. The van der Waals surface area contributed by atoms with Crippen molar-refractivity contribution in [3.63, 3.8) is 0 Å². The van der Waals surface area contributed by atoms with Gasteiger partial charge in [-0.3, -0.25) is 0 Å². The van der Waals surface area contributed by atoms with Crippen LogP contribution in [0.4, 0.5) is 26.3 Å². The summed E-state index contributed by atoms with van der Waals surface area (Å²) in [5, 5.41) is 0. The smallest absolute Gasteiger partial charge is 0.166 e. The minimum Gasteiger partial charge on any atom is -0.166 e. The topological polar surface area (TPSA) is 0 Å². The van der Waals surface area contributed by atoms with E-state index in [0.717, 1.165) is 52.8 Å². The fourth-order valence-electron chi connectivity index (χ4n) is 3.46. The molecule has 0 bridgehead atoms. The van der Waals surface area contributed by atoms with Crippen LogP contribution >= 0.6 is 34.0 Å². The Morgan fingerprint density at radius 3 is 1.20 bits per heavy atom. The van der Waals surface area contributed by atoms with Crippen LogP contribution in [0.25, 0.3) is 43.1 Å². The van der Waals surface area contributed by atoms with Gasteiger partial charge in [0.05, 0.1) is 20.5 Å². The molecule has 0 aliphatic heterocycles. The maximum Gasteiger partial charge on any atom is 0.416 e. The first-order valence-corrected chi connectivity index (χ1v) is 12.7. The first-order valence-electron chi connectivity index (χ1n) is 10.2. The standard InChI is InChI=1S/C26H14F6S3/c27-25(28,29)17-7-1-15(2-8-17)5-11-19-13-21-23(33-19)24-22(35-21)14-20(34-24)12-6-16-3-9-18(10-4-16)26(30,31)32/h1-14H/b11-5+,12-6+. The number of alkyl halides is 6. The molecule has 0 saturated carbocycles. The molecule has 0 fully saturated rings. The Hall–Kier alpha value is -2.88. The van der Waals surface area contributed by atoms with Gasteiger partial charge < -0.3 is 0 Å². The molecule has 5 aromatic rings. The van der Waals surface area contributed by atoms with Crippen LogP contribution in [0.2, 0.25) is 0 Å². The van der Waals surface area contributed by atoms with Crippen LogP contribution in [0.1, 0.15) is 32.0 Å². The van der Waals surface area contributed by atoms with E-state index in [1.165, 1.54) is 24.3 Å². The fraction of sp³-hybridized carbons (Fsp3) is 0.0769. The van der Waals surface area contributed by atoms with Crippen molar-refractivity contribution in [3.05, 3.63) is 92.7 Å². The zero-order valence-corrected chi connectivity index (χ0v) is 20.0. The van der Waals surface area contributed by atoms with E-state index in [-0.39, 0.29) is 0 Å². The van der Waals surface area contributed by atoms with Crippen molar-refractivity contribution in [2.24, 2.45) is 0 Å². The zero-order chi connectivity index (χ0) is 24.8. The van der Waals surface area contributed by atoms with Crippen molar-refractivity contribution in [2.45, 2.75) is 12.4 Å². The fourth-order valence-corrected chi connectivity index (χ4v) is 7.31. The highest BCUT2D eigenvalue weighted by Crippen LogP contribution is 2.44. The Bertz CT molecular complexity index is 1420. The van der Waals surface area contributed by atoms with Gasteiger partial charge in [-0.25, -0.2) is 0 Å². The summed E-state index contributed by atoms with van der Waals surface area (Å²) in [7, 11) is 0. The molecule has 178 valence electrons. The molecule has 0 unspecified atom stereocenters. The molecule has 9 heteroatoms. The summed E-state index contributed by atoms with van der Waals surface area (Å²) < 4.78 is 80.9. The first-order chi connectivity index (χ1) is 16.6. The van der Waals surface area contributed by atoms with Crippen molar-refractivity contribution in [2.75, 3.05) is 0 Å². The van der Waals surface area contributed by atoms with E-state index in [4.69, 9.17) is 0 Å². The lowest BCUT2D eigenvalue weighted by Crippen LogP contribution is -2.03. The maximum absolute atomic E-state index is 12.7. The van der Waals surface area contributed by atoms with Gasteiger partial charge in [0.15, 0.2) is 0 Å². The molecule has 0 amide bonds. The number of fused-ring (bicyclic) bond motifs is 3. The lowest BCUT2D eigenvalue weighted by molar-refractivity contribution is -0.138. The molecule has 2 aromatic carbocycles. The third-order valence-electron chi connectivity index (χ3n) is 5.22. The van der Waals surface area contributed by atoms with Crippen LogP contribution in [0.5, 0.6) is 0 Å². The average Bonchev–Trinajstić information content (AvgIpc) is 3.46. The molecule has 35 heavy (non-hydrogen) atoms. The minimum atomic E-state index is -4.35. The number of hydrogen-bond donors (Lipinski definition) is 0. The molecule has 3 aromatic heterocycles. The monoisotopic (exact) mass is 536 g/mol. The molecule has 0 aliphatic carbocycles. The third-order valence-corrected chi connectivity index (χ3v) is 8.92. The van der Waals surface area contributed by atoms with Gasteiger partial charge in [0, 0.05) is 19.2 Å². The predicted octanol–water partition coefficient (Wildman–Crippen LogP) is 10.6. The molecule has 0 spiro atoms. The third kappa shape index (κ3) is 5.22. The largest absolute Gasteiger partial charge is 0.416 e. The van der Waals surface area contributed by atoms with Crippen LogP contribution < -0.4 is 0 Å². The second-order valence-corrected chi connectivity index (χ2v) is 10.9. The quantitative estimate of drug-likeness (QED) is 0.200. The highest BCUT2D eigenvalue weighted by molar-refractivity contribution is 7.38. The predicted molar refractivity (Wildman–Crippen MR) is 136 cm³/mol. The van der Waals surface area contributed by atoms with Gasteiger partial charge in [-0.05, 0) is 59.7 Å². The molecular weight excluding hydrogens is 522 g/mol. The van der Waals surface area contributed by atoms with Gasteiger partial charge in [0.25, 0.3) is 0 Å². The van der Waals surface area contributed by atoms with Gasteiger partial charge in [-0.15, -0.1) is 34.0 Å². The van der Waals surface area contributed by atoms with Crippen molar-refractivity contribution >= 4 is 77.1 Å². The Morgan fingerprint density at radius 2 is 0.857 bits per heavy atom. The summed E-state index contributed by atoms with van der Waals surface area (Å²) in [6.07, 6.45) is -1.33.